The smallest absolute Gasteiger partial charge is 0.259 e. The third-order valence-electron chi connectivity index (χ3n) is 4.83. The fourth-order valence-corrected chi connectivity index (χ4v) is 3.45. The van der Waals surface area contributed by atoms with E-state index in [0.29, 0.717) is 23.8 Å². The summed E-state index contributed by atoms with van der Waals surface area (Å²) in [6.45, 7) is 4.87. The Balaban J connectivity index is 1.57. The molecular weight excluding hydrogens is 376 g/mol. The minimum absolute atomic E-state index is 0.182. The summed E-state index contributed by atoms with van der Waals surface area (Å²) in [4.78, 5) is 15.2. The van der Waals surface area contributed by atoms with Gasteiger partial charge in [0.1, 0.15) is 0 Å². The Hall–Kier alpha value is -2.83. The number of anilines is 2. The number of benzene rings is 2. The molecule has 1 N–H and O–H groups in total. The van der Waals surface area contributed by atoms with E-state index in [4.69, 9.17) is 16.3 Å². The third kappa shape index (κ3) is 3.74. The van der Waals surface area contributed by atoms with Crippen molar-refractivity contribution in [1.29, 1.82) is 0 Å². The Labute approximate surface area is 168 Å². The van der Waals surface area contributed by atoms with Gasteiger partial charge in [0.2, 0.25) is 0 Å². The van der Waals surface area contributed by atoms with Gasteiger partial charge in [-0.3, -0.25) is 4.79 Å². The first-order chi connectivity index (χ1) is 13.6. The number of hydrogen-bond acceptors (Lipinski definition) is 4. The van der Waals surface area contributed by atoms with Crippen LogP contribution in [0.2, 0.25) is 5.02 Å². The zero-order valence-electron chi connectivity index (χ0n) is 15.6. The molecule has 1 aliphatic rings. The molecule has 4 rings (SSSR count). The largest absolute Gasteiger partial charge is 0.378 e. The third-order valence-corrected chi connectivity index (χ3v) is 5.08. The van der Waals surface area contributed by atoms with Crippen LogP contribution in [0.1, 0.15) is 16.1 Å². The van der Waals surface area contributed by atoms with E-state index >= 15 is 0 Å². The monoisotopic (exact) mass is 396 g/mol. The molecule has 0 bridgehead atoms. The lowest BCUT2D eigenvalue weighted by atomic mass is 10.2. The van der Waals surface area contributed by atoms with E-state index in [1.807, 2.05) is 43.3 Å². The summed E-state index contributed by atoms with van der Waals surface area (Å²) in [5, 5.41) is 8.08. The highest BCUT2D eigenvalue weighted by atomic mass is 35.5. The normalized spacial score (nSPS) is 14.1. The number of ether oxygens (including phenoxy) is 1. The first kappa shape index (κ1) is 18.5. The SMILES string of the molecule is Cc1c(C(=O)Nc2ccccc2N2CCOCC2)cnn1-c1ccc(Cl)cc1. The maximum absolute atomic E-state index is 12.9. The zero-order chi connectivity index (χ0) is 19.5. The van der Waals surface area contributed by atoms with E-state index in [2.05, 4.69) is 15.3 Å². The highest BCUT2D eigenvalue weighted by Gasteiger charge is 2.19. The van der Waals surface area contributed by atoms with E-state index in [9.17, 15) is 4.79 Å². The molecule has 0 unspecified atom stereocenters. The molecule has 1 fully saturated rings. The number of nitrogens with one attached hydrogen (secondary N) is 1. The van der Waals surface area contributed by atoms with Crippen molar-refractivity contribution in [3.05, 3.63) is 71.0 Å². The molecule has 0 atom stereocenters. The van der Waals surface area contributed by atoms with Crippen molar-refractivity contribution in [2.75, 3.05) is 36.5 Å². The topological polar surface area (TPSA) is 59.4 Å². The van der Waals surface area contributed by atoms with Crippen molar-refractivity contribution in [2.45, 2.75) is 6.92 Å². The highest BCUT2D eigenvalue weighted by Crippen LogP contribution is 2.27. The number of aromatic nitrogens is 2. The molecule has 2 aromatic carbocycles. The van der Waals surface area contributed by atoms with Crippen molar-refractivity contribution in [3.63, 3.8) is 0 Å². The number of amides is 1. The molecule has 0 saturated carbocycles. The molecule has 1 saturated heterocycles. The number of carbonyl (C=O) groups excluding carboxylic acids is 1. The summed E-state index contributed by atoms with van der Waals surface area (Å²) in [7, 11) is 0. The molecule has 28 heavy (non-hydrogen) atoms. The van der Waals surface area contributed by atoms with Gasteiger partial charge in [-0.05, 0) is 43.3 Å². The summed E-state index contributed by atoms with van der Waals surface area (Å²) in [5.41, 5.74) is 3.94. The number of nitrogens with zero attached hydrogens (tertiary/aromatic N) is 3. The first-order valence-corrected chi connectivity index (χ1v) is 9.55. The van der Waals surface area contributed by atoms with Gasteiger partial charge < -0.3 is 15.0 Å². The van der Waals surface area contributed by atoms with Crippen molar-refractivity contribution < 1.29 is 9.53 Å². The van der Waals surface area contributed by atoms with E-state index in [1.54, 1.807) is 23.0 Å². The molecule has 2 heterocycles. The molecule has 3 aromatic rings. The Morgan fingerprint density at radius 2 is 1.82 bits per heavy atom. The Kier molecular flexibility index (Phi) is 5.32. The maximum Gasteiger partial charge on any atom is 0.259 e. The van der Waals surface area contributed by atoms with Crippen LogP contribution >= 0.6 is 11.6 Å². The van der Waals surface area contributed by atoms with Gasteiger partial charge in [-0.2, -0.15) is 5.10 Å². The molecule has 0 spiro atoms. The van der Waals surface area contributed by atoms with Gasteiger partial charge >= 0.3 is 0 Å². The second-order valence-corrected chi connectivity index (χ2v) is 7.04. The van der Waals surface area contributed by atoms with Crippen LogP contribution in [0.4, 0.5) is 11.4 Å². The van der Waals surface area contributed by atoms with Gasteiger partial charge in [0, 0.05) is 18.1 Å². The highest BCUT2D eigenvalue weighted by molar-refractivity contribution is 6.30. The molecule has 6 nitrogen and oxygen atoms in total. The minimum Gasteiger partial charge on any atom is -0.378 e. The predicted octanol–water partition coefficient (Wildman–Crippen LogP) is 3.92. The number of para-hydroxylation sites is 2. The zero-order valence-corrected chi connectivity index (χ0v) is 16.3. The van der Waals surface area contributed by atoms with Crippen LogP contribution in [0.3, 0.4) is 0 Å². The Bertz CT molecular complexity index is 978. The van der Waals surface area contributed by atoms with Gasteiger partial charge in [0.25, 0.3) is 5.91 Å². The summed E-state index contributed by atoms with van der Waals surface area (Å²) >= 11 is 5.96. The van der Waals surface area contributed by atoms with Crippen molar-refractivity contribution in [3.8, 4) is 5.69 Å². The second-order valence-electron chi connectivity index (χ2n) is 6.60. The van der Waals surface area contributed by atoms with Crippen LogP contribution < -0.4 is 10.2 Å². The molecular formula is C21H21ClN4O2. The maximum atomic E-state index is 12.9. The lowest BCUT2D eigenvalue weighted by Crippen LogP contribution is -2.36. The van der Waals surface area contributed by atoms with Crippen LogP contribution in [0.5, 0.6) is 0 Å². The molecule has 1 amide bonds. The summed E-state index contributed by atoms with van der Waals surface area (Å²) in [6.07, 6.45) is 1.59. The Morgan fingerprint density at radius 3 is 2.57 bits per heavy atom. The molecule has 1 aromatic heterocycles. The first-order valence-electron chi connectivity index (χ1n) is 9.17. The number of hydrogen-bond donors (Lipinski definition) is 1. The van der Waals surface area contributed by atoms with Crippen molar-refractivity contribution >= 4 is 28.9 Å². The van der Waals surface area contributed by atoms with Crippen LogP contribution in [0, 0.1) is 6.92 Å². The van der Waals surface area contributed by atoms with Crippen LogP contribution in [0.25, 0.3) is 5.69 Å². The lowest BCUT2D eigenvalue weighted by Gasteiger charge is -2.30. The average molecular weight is 397 g/mol. The van der Waals surface area contributed by atoms with Gasteiger partial charge in [0.15, 0.2) is 0 Å². The van der Waals surface area contributed by atoms with Crippen LogP contribution in [-0.2, 0) is 4.74 Å². The quantitative estimate of drug-likeness (QED) is 0.726. The lowest BCUT2D eigenvalue weighted by molar-refractivity contribution is 0.102. The molecule has 1 aliphatic heterocycles. The number of carbonyl (C=O) groups is 1. The van der Waals surface area contributed by atoms with E-state index in [1.165, 1.54) is 0 Å². The fourth-order valence-electron chi connectivity index (χ4n) is 3.32. The standard InChI is InChI=1S/C21H21ClN4O2/c1-15-18(14-23-26(15)17-8-6-16(22)7-9-17)21(27)24-19-4-2-3-5-20(19)25-10-12-28-13-11-25/h2-9,14H,10-13H2,1H3,(H,24,27). The number of rotatable bonds is 4. The number of halogens is 1. The summed E-state index contributed by atoms with van der Waals surface area (Å²) in [5.74, 6) is -0.182. The van der Waals surface area contributed by atoms with Gasteiger partial charge in [-0.15, -0.1) is 0 Å². The van der Waals surface area contributed by atoms with Gasteiger partial charge in [-0.1, -0.05) is 23.7 Å². The Morgan fingerprint density at radius 1 is 1.11 bits per heavy atom. The second kappa shape index (κ2) is 8.04. The summed E-state index contributed by atoms with van der Waals surface area (Å²) in [6, 6.07) is 15.2. The van der Waals surface area contributed by atoms with E-state index in [-0.39, 0.29) is 5.91 Å². The van der Waals surface area contributed by atoms with E-state index < -0.39 is 0 Å². The molecule has 0 radical (unpaired) electrons. The van der Waals surface area contributed by atoms with Crippen LogP contribution in [0.15, 0.2) is 54.7 Å². The van der Waals surface area contributed by atoms with E-state index in [0.717, 1.165) is 35.8 Å². The molecule has 0 aliphatic carbocycles. The average Bonchev–Trinajstić information content (AvgIpc) is 3.11. The van der Waals surface area contributed by atoms with Crippen molar-refractivity contribution in [2.24, 2.45) is 0 Å². The van der Waals surface area contributed by atoms with Gasteiger partial charge in [-0.25, -0.2) is 4.68 Å². The van der Waals surface area contributed by atoms with Crippen LogP contribution in [-0.4, -0.2) is 42.0 Å². The fraction of sp³-hybridized carbons (Fsp3) is 0.238. The predicted molar refractivity (Wildman–Crippen MR) is 111 cm³/mol. The minimum atomic E-state index is -0.182. The molecule has 7 heteroatoms. The molecule has 144 valence electrons. The van der Waals surface area contributed by atoms with Gasteiger partial charge in [0.05, 0.1) is 47.7 Å². The number of morpholine rings is 1. The summed E-state index contributed by atoms with van der Waals surface area (Å²) < 4.78 is 7.17. The van der Waals surface area contributed by atoms with Crippen molar-refractivity contribution in [1.82, 2.24) is 9.78 Å².